The summed E-state index contributed by atoms with van der Waals surface area (Å²) in [4.78, 5) is 15.7. The second-order valence-electron chi connectivity index (χ2n) is 4.11. The minimum absolute atomic E-state index is 0.144. The Morgan fingerprint density at radius 3 is 2.35 bits per heavy atom. The molecule has 17 heavy (non-hydrogen) atoms. The predicted octanol–water partition coefficient (Wildman–Crippen LogP) is 3.43. The highest BCUT2D eigenvalue weighted by atomic mass is 32.1. The molecule has 0 aliphatic rings. The van der Waals surface area contributed by atoms with Crippen LogP contribution in [0, 0.1) is 20.8 Å². The largest absolute Gasteiger partial charge is 0.476 e. The Hall–Kier alpha value is -1.68. The van der Waals surface area contributed by atoms with Crippen molar-refractivity contribution in [3.8, 4) is 10.4 Å². The van der Waals surface area contributed by atoms with Crippen molar-refractivity contribution in [2.45, 2.75) is 20.8 Å². The first-order valence-corrected chi connectivity index (χ1v) is 6.13. The summed E-state index contributed by atoms with van der Waals surface area (Å²) in [6.45, 7) is 6.04. The van der Waals surface area contributed by atoms with Crippen LogP contribution < -0.4 is 0 Å². The van der Waals surface area contributed by atoms with Crippen LogP contribution in [0.3, 0.4) is 0 Å². The third-order valence-electron chi connectivity index (χ3n) is 2.67. The van der Waals surface area contributed by atoms with Gasteiger partial charge in [0.05, 0.1) is 10.4 Å². The van der Waals surface area contributed by atoms with E-state index in [1.54, 1.807) is 5.51 Å². The van der Waals surface area contributed by atoms with Crippen LogP contribution in [0.1, 0.15) is 27.2 Å². The van der Waals surface area contributed by atoms with Gasteiger partial charge in [-0.2, -0.15) is 0 Å². The number of aromatic nitrogens is 1. The van der Waals surface area contributed by atoms with E-state index in [4.69, 9.17) is 5.11 Å². The molecule has 0 spiro atoms. The first kappa shape index (κ1) is 11.8. The zero-order chi connectivity index (χ0) is 12.6. The molecule has 2 aromatic rings. The van der Waals surface area contributed by atoms with E-state index < -0.39 is 5.97 Å². The van der Waals surface area contributed by atoms with E-state index in [1.165, 1.54) is 16.9 Å². The number of hydrogen-bond donors (Lipinski definition) is 1. The van der Waals surface area contributed by atoms with Crippen molar-refractivity contribution in [3.63, 3.8) is 0 Å². The van der Waals surface area contributed by atoms with Gasteiger partial charge in [-0.15, -0.1) is 11.3 Å². The highest BCUT2D eigenvalue weighted by Crippen LogP contribution is 2.33. The molecule has 2 rings (SSSR count). The maximum Gasteiger partial charge on any atom is 0.356 e. The maximum absolute atomic E-state index is 11.1. The summed E-state index contributed by atoms with van der Waals surface area (Å²) in [5.41, 5.74) is 6.09. The molecule has 0 aliphatic heterocycles. The topological polar surface area (TPSA) is 50.2 Å². The number of hydrogen-bond acceptors (Lipinski definition) is 3. The lowest BCUT2D eigenvalue weighted by Crippen LogP contribution is -2.00. The molecule has 0 unspecified atom stereocenters. The molecule has 1 N–H and O–H groups in total. The van der Waals surface area contributed by atoms with E-state index in [1.807, 2.05) is 20.8 Å². The Morgan fingerprint density at radius 2 is 1.82 bits per heavy atom. The zero-order valence-corrected chi connectivity index (χ0v) is 10.8. The Labute approximate surface area is 104 Å². The second-order valence-corrected chi connectivity index (χ2v) is 4.96. The van der Waals surface area contributed by atoms with Crippen molar-refractivity contribution in [1.82, 2.24) is 4.98 Å². The number of nitrogens with zero attached hydrogens (tertiary/aromatic N) is 1. The number of rotatable bonds is 2. The van der Waals surface area contributed by atoms with E-state index in [-0.39, 0.29) is 5.69 Å². The van der Waals surface area contributed by atoms with Gasteiger partial charge in [0, 0.05) is 5.56 Å². The summed E-state index contributed by atoms with van der Waals surface area (Å²) in [5, 5.41) is 9.10. The van der Waals surface area contributed by atoms with Crippen LogP contribution in [0.15, 0.2) is 17.6 Å². The summed E-state index contributed by atoms with van der Waals surface area (Å²) in [6, 6.07) is 4.13. The molecule has 88 valence electrons. The van der Waals surface area contributed by atoms with Gasteiger partial charge in [-0.25, -0.2) is 9.78 Å². The molecule has 0 saturated heterocycles. The van der Waals surface area contributed by atoms with Gasteiger partial charge in [0.25, 0.3) is 0 Å². The van der Waals surface area contributed by atoms with Crippen molar-refractivity contribution >= 4 is 17.3 Å². The maximum atomic E-state index is 11.1. The molecule has 1 aromatic carbocycles. The first-order valence-electron chi connectivity index (χ1n) is 5.25. The smallest absolute Gasteiger partial charge is 0.356 e. The van der Waals surface area contributed by atoms with Gasteiger partial charge in [-0.1, -0.05) is 17.7 Å². The van der Waals surface area contributed by atoms with Crippen molar-refractivity contribution in [2.75, 3.05) is 0 Å². The van der Waals surface area contributed by atoms with Crippen molar-refractivity contribution < 1.29 is 9.90 Å². The number of benzene rings is 1. The standard InChI is InChI=1S/C13H13NO2S/c1-7-4-8(2)10(9(3)5-7)12-11(13(15)16)14-6-17-12/h4-6H,1-3H3,(H,15,16). The Bertz CT molecular complexity index is 564. The second kappa shape index (κ2) is 4.30. The molecule has 0 amide bonds. The normalized spacial score (nSPS) is 10.5. The Kier molecular flexibility index (Phi) is 2.98. The zero-order valence-electron chi connectivity index (χ0n) is 9.94. The van der Waals surface area contributed by atoms with Gasteiger partial charge in [-0.05, 0) is 31.9 Å². The number of aryl methyl sites for hydroxylation is 3. The van der Waals surface area contributed by atoms with Crippen molar-refractivity contribution in [3.05, 3.63) is 40.0 Å². The SMILES string of the molecule is Cc1cc(C)c(-c2scnc2C(=O)O)c(C)c1. The highest BCUT2D eigenvalue weighted by molar-refractivity contribution is 7.13. The number of thiazole rings is 1. The van der Waals surface area contributed by atoms with E-state index in [0.717, 1.165) is 21.6 Å². The summed E-state index contributed by atoms with van der Waals surface area (Å²) in [6.07, 6.45) is 0. The average molecular weight is 247 g/mol. The molecule has 0 fully saturated rings. The van der Waals surface area contributed by atoms with Gasteiger partial charge < -0.3 is 5.11 Å². The highest BCUT2D eigenvalue weighted by Gasteiger charge is 2.18. The fourth-order valence-electron chi connectivity index (χ4n) is 2.11. The number of carboxylic acid groups (broad SMARTS) is 1. The minimum atomic E-state index is -0.972. The predicted molar refractivity (Wildman–Crippen MR) is 68.7 cm³/mol. The summed E-state index contributed by atoms with van der Waals surface area (Å²) >= 11 is 1.37. The van der Waals surface area contributed by atoms with Gasteiger partial charge in [-0.3, -0.25) is 0 Å². The molecular formula is C13H13NO2S. The molecular weight excluding hydrogens is 234 g/mol. The monoisotopic (exact) mass is 247 g/mol. The summed E-state index contributed by atoms with van der Waals surface area (Å²) in [5.74, 6) is -0.972. The van der Waals surface area contributed by atoms with Crippen molar-refractivity contribution in [1.29, 1.82) is 0 Å². The van der Waals surface area contributed by atoms with E-state index in [0.29, 0.717) is 0 Å². The van der Waals surface area contributed by atoms with Crippen molar-refractivity contribution in [2.24, 2.45) is 0 Å². The molecule has 4 heteroatoms. The Morgan fingerprint density at radius 1 is 1.24 bits per heavy atom. The van der Waals surface area contributed by atoms with Gasteiger partial charge in [0.15, 0.2) is 5.69 Å². The molecule has 0 aliphatic carbocycles. The molecule has 3 nitrogen and oxygen atoms in total. The van der Waals surface area contributed by atoms with Gasteiger partial charge in [0.1, 0.15) is 0 Å². The lowest BCUT2D eigenvalue weighted by atomic mass is 9.98. The third kappa shape index (κ3) is 2.08. The lowest BCUT2D eigenvalue weighted by molar-refractivity contribution is 0.0692. The quantitative estimate of drug-likeness (QED) is 0.884. The molecule has 0 radical (unpaired) electrons. The van der Waals surface area contributed by atoms with Crippen LogP contribution >= 0.6 is 11.3 Å². The summed E-state index contributed by atoms with van der Waals surface area (Å²) < 4.78 is 0. The minimum Gasteiger partial charge on any atom is -0.476 e. The molecule has 0 saturated carbocycles. The fraction of sp³-hybridized carbons (Fsp3) is 0.231. The number of carbonyl (C=O) groups is 1. The lowest BCUT2D eigenvalue weighted by Gasteiger charge is -2.10. The molecule has 0 atom stereocenters. The fourth-order valence-corrected chi connectivity index (χ4v) is 3.07. The van der Waals surface area contributed by atoms with Gasteiger partial charge in [0.2, 0.25) is 0 Å². The van der Waals surface area contributed by atoms with E-state index >= 15 is 0 Å². The van der Waals surface area contributed by atoms with Gasteiger partial charge >= 0.3 is 5.97 Å². The molecule has 1 aromatic heterocycles. The van der Waals surface area contributed by atoms with E-state index in [2.05, 4.69) is 17.1 Å². The van der Waals surface area contributed by atoms with Crippen LogP contribution in [0.2, 0.25) is 0 Å². The van der Waals surface area contributed by atoms with Crippen LogP contribution in [-0.2, 0) is 0 Å². The average Bonchev–Trinajstić information content (AvgIpc) is 2.64. The number of aromatic carboxylic acids is 1. The van der Waals surface area contributed by atoms with Crippen LogP contribution in [0.4, 0.5) is 0 Å². The number of carboxylic acids is 1. The Balaban J connectivity index is 2.69. The summed E-state index contributed by atoms with van der Waals surface area (Å²) in [7, 11) is 0. The first-order chi connectivity index (χ1) is 8.00. The van der Waals surface area contributed by atoms with E-state index in [9.17, 15) is 4.79 Å². The third-order valence-corrected chi connectivity index (χ3v) is 3.52. The van der Waals surface area contributed by atoms with Crippen LogP contribution in [0.25, 0.3) is 10.4 Å². The molecule has 1 heterocycles. The molecule has 0 bridgehead atoms. The van der Waals surface area contributed by atoms with Crippen LogP contribution in [-0.4, -0.2) is 16.1 Å². The van der Waals surface area contributed by atoms with Crippen LogP contribution in [0.5, 0.6) is 0 Å².